The summed E-state index contributed by atoms with van der Waals surface area (Å²) in [6.07, 6.45) is 0. The first-order valence-corrected chi connectivity index (χ1v) is 5.14. The first kappa shape index (κ1) is 8.07. The van der Waals surface area contributed by atoms with E-state index in [4.69, 9.17) is 11.6 Å². The molecule has 0 heterocycles. The van der Waals surface area contributed by atoms with Crippen molar-refractivity contribution >= 4 is 11.6 Å². The molecule has 1 aliphatic rings. The molecule has 0 unspecified atom stereocenters. The summed E-state index contributed by atoms with van der Waals surface area (Å²) in [6.45, 7) is 0. The first-order valence-electron chi connectivity index (χ1n) is 4.70. The number of benzene rings is 2. The Morgan fingerprint density at radius 1 is 0.714 bits per heavy atom. The topological polar surface area (TPSA) is 0 Å². The maximum Gasteiger partial charge on any atom is 0.0847 e. The van der Waals surface area contributed by atoms with Crippen molar-refractivity contribution in [3.05, 3.63) is 59.7 Å². The normalized spacial score (nSPS) is 13.8. The van der Waals surface area contributed by atoms with Gasteiger partial charge < -0.3 is 0 Å². The molecule has 0 nitrogen and oxygen atoms in total. The van der Waals surface area contributed by atoms with Gasteiger partial charge in [-0.1, -0.05) is 48.5 Å². The van der Waals surface area contributed by atoms with Crippen LogP contribution in [0.15, 0.2) is 48.5 Å². The van der Waals surface area contributed by atoms with Crippen LogP contribution in [0.3, 0.4) is 0 Å². The molecular formula is C13H9Cl. The molecule has 1 heteroatoms. The predicted octanol–water partition coefficient (Wildman–Crippen LogP) is 4.00. The Morgan fingerprint density at radius 2 is 1.14 bits per heavy atom. The smallest absolute Gasteiger partial charge is 0.0847 e. The molecule has 68 valence electrons. The van der Waals surface area contributed by atoms with Crippen molar-refractivity contribution < 1.29 is 0 Å². The molecule has 14 heavy (non-hydrogen) atoms. The minimum atomic E-state index is 0.0300. The Kier molecular flexibility index (Phi) is 1.65. The zero-order valence-electron chi connectivity index (χ0n) is 7.57. The molecule has 1 aliphatic carbocycles. The Hall–Kier alpha value is -1.27. The van der Waals surface area contributed by atoms with Gasteiger partial charge in [0.15, 0.2) is 0 Å². The van der Waals surface area contributed by atoms with Gasteiger partial charge >= 0.3 is 0 Å². The van der Waals surface area contributed by atoms with Crippen LogP contribution < -0.4 is 0 Å². The molecule has 0 bridgehead atoms. The highest BCUT2D eigenvalue weighted by atomic mass is 35.5. The number of alkyl halides is 1. The fourth-order valence-corrected chi connectivity index (χ4v) is 2.47. The highest BCUT2D eigenvalue weighted by molar-refractivity contribution is 6.24. The van der Waals surface area contributed by atoms with E-state index < -0.39 is 0 Å². The van der Waals surface area contributed by atoms with Crippen LogP contribution in [0.2, 0.25) is 0 Å². The summed E-state index contributed by atoms with van der Waals surface area (Å²) in [5.74, 6) is 0. The van der Waals surface area contributed by atoms with E-state index in [1.165, 1.54) is 22.3 Å². The molecule has 2 aromatic carbocycles. The van der Waals surface area contributed by atoms with Gasteiger partial charge in [-0.3, -0.25) is 0 Å². The van der Waals surface area contributed by atoms with Crippen LogP contribution in [-0.2, 0) is 0 Å². The van der Waals surface area contributed by atoms with E-state index in [2.05, 4.69) is 36.4 Å². The maximum atomic E-state index is 6.37. The third-order valence-corrected chi connectivity index (χ3v) is 3.23. The number of hydrogen-bond acceptors (Lipinski definition) is 0. The van der Waals surface area contributed by atoms with Crippen LogP contribution >= 0.6 is 11.6 Å². The zero-order chi connectivity index (χ0) is 9.54. The Balaban J connectivity index is 2.36. The van der Waals surface area contributed by atoms with E-state index in [1.54, 1.807) is 0 Å². The average Bonchev–Trinajstić information content (AvgIpc) is 2.55. The molecular weight excluding hydrogens is 192 g/mol. The average molecular weight is 201 g/mol. The number of hydrogen-bond donors (Lipinski definition) is 0. The lowest BCUT2D eigenvalue weighted by atomic mass is 10.1. The summed E-state index contributed by atoms with van der Waals surface area (Å²) in [5.41, 5.74) is 5.02. The van der Waals surface area contributed by atoms with Crippen molar-refractivity contribution in [1.82, 2.24) is 0 Å². The Bertz CT molecular complexity index is 443. The summed E-state index contributed by atoms with van der Waals surface area (Å²) < 4.78 is 0. The van der Waals surface area contributed by atoms with E-state index in [1.807, 2.05) is 12.1 Å². The van der Waals surface area contributed by atoms with Gasteiger partial charge in [-0.25, -0.2) is 0 Å². The van der Waals surface area contributed by atoms with E-state index in [-0.39, 0.29) is 5.38 Å². The summed E-state index contributed by atoms with van der Waals surface area (Å²) >= 11 is 6.37. The summed E-state index contributed by atoms with van der Waals surface area (Å²) in [4.78, 5) is 0. The lowest BCUT2D eigenvalue weighted by Gasteiger charge is -2.01. The predicted molar refractivity (Wildman–Crippen MR) is 59.6 cm³/mol. The van der Waals surface area contributed by atoms with Crippen molar-refractivity contribution in [2.75, 3.05) is 0 Å². The Morgan fingerprint density at radius 3 is 1.64 bits per heavy atom. The first-order chi connectivity index (χ1) is 6.88. The number of halogens is 1. The van der Waals surface area contributed by atoms with Crippen LogP contribution in [0.4, 0.5) is 0 Å². The highest BCUT2D eigenvalue weighted by Crippen LogP contribution is 2.46. The van der Waals surface area contributed by atoms with Crippen molar-refractivity contribution in [3.63, 3.8) is 0 Å². The molecule has 0 radical (unpaired) electrons. The van der Waals surface area contributed by atoms with Crippen molar-refractivity contribution in [2.24, 2.45) is 0 Å². The van der Waals surface area contributed by atoms with Gasteiger partial charge in [-0.15, -0.1) is 11.6 Å². The van der Waals surface area contributed by atoms with Gasteiger partial charge in [0.1, 0.15) is 0 Å². The highest BCUT2D eigenvalue weighted by Gasteiger charge is 2.25. The van der Waals surface area contributed by atoms with Crippen molar-refractivity contribution in [1.29, 1.82) is 0 Å². The molecule has 0 amide bonds. The Labute approximate surface area is 88.2 Å². The van der Waals surface area contributed by atoms with Crippen LogP contribution in [0.1, 0.15) is 16.5 Å². The second-order valence-electron chi connectivity index (χ2n) is 3.54. The minimum Gasteiger partial charge on any atom is -0.113 e. The molecule has 0 fully saturated rings. The number of fused-ring (bicyclic) bond motifs is 3. The molecule has 0 spiro atoms. The van der Waals surface area contributed by atoms with Crippen molar-refractivity contribution in [2.45, 2.75) is 5.38 Å². The van der Waals surface area contributed by atoms with Crippen molar-refractivity contribution in [3.8, 4) is 11.1 Å². The maximum absolute atomic E-state index is 6.37. The summed E-state index contributed by atoms with van der Waals surface area (Å²) in [6, 6.07) is 16.7. The third kappa shape index (κ3) is 0.948. The van der Waals surface area contributed by atoms with Gasteiger partial charge in [0.2, 0.25) is 0 Å². The van der Waals surface area contributed by atoms with Crippen LogP contribution in [-0.4, -0.2) is 0 Å². The quantitative estimate of drug-likeness (QED) is 0.564. The molecule has 0 aliphatic heterocycles. The van der Waals surface area contributed by atoms with E-state index in [0.29, 0.717) is 0 Å². The molecule has 0 aromatic heterocycles. The molecule has 3 rings (SSSR count). The van der Waals surface area contributed by atoms with Gasteiger partial charge in [0.25, 0.3) is 0 Å². The largest absolute Gasteiger partial charge is 0.113 e. The molecule has 0 atom stereocenters. The molecule has 0 saturated carbocycles. The monoisotopic (exact) mass is 200 g/mol. The molecule has 0 saturated heterocycles. The van der Waals surface area contributed by atoms with Crippen LogP contribution in [0.25, 0.3) is 11.1 Å². The zero-order valence-corrected chi connectivity index (χ0v) is 8.33. The second-order valence-corrected chi connectivity index (χ2v) is 3.97. The number of rotatable bonds is 0. The van der Waals surface area contributed by atoms with Gasteiger partial charge in [0.05, 0.1) is 5.38 Å². The summed E-state index contributed by atoms with van der Waals surface area (Å²) in [7, 11) is 0. The third-order valence-electron chi connectivity index (χ3n) is 2.76. The molecule has 2 aromatic rings. The SMILES string of the molecule is ClC1c2ccccc2-c2ccccc21. The fraction of sp³-hybridized carbons (Fsp3) is 0.0769. The minimum absolute atomic E-state index is 0.0300. The van der Waals surface area contributed by atoms with Gasteiger partial charge in [-0.05, 0) is 22.3 Å². The van der Waals surface area contributed by atoms with Gasteiger partial charge in [0, 0.05) is 0 Å². The lowest BCUT2D eigenvalue weighted by molar-refractivity contribution is 1.20. The molecule has 0 N–H and O–H groups in total. The van der Waals surface area contributed by atoms with Crippen LogP contribution in [0.5, 0.6) is 0 Å². The fourth-order valence-electron chi connectivity index (χ4n) is 2.09. The van der Waals surface area contributed by atoms with E-state index >= 15 is 0 Å². The standard InChI is InChI=1S/C13H9Cl/c14-13-11-7-3-1-5-9(11)10-6-2-4-8-12(10)13/h1-8,13H. The van der Waals surface area contributed by atoms with Gasteiger partial charge in [-0.2, -0.15) is 0 Å². The second kappa shape index (κ2) is 2.86. The summed E-state index contributed by atoms with van der Waals surface area (Å²) in [5, 5.41) is 0.0300. The van der Waals surface area contributed by atoms with Crippen LogP contribution in [0, 0.1) is 0 Å². The lowest BCUT2D eigenvalue weighted by Crippen LogP contribution is -1.84. The van der Waals surface area contributed by atoms with E-state index in [9.17, 15) is 0 Å². The van der Waals surface area contributed by atoms with E-state index in [0.717, 1.165) is 0 Å².